The van der Waals surface area contributed by atoms with Crippen LogP contribution in [0.25, 0.3) is 11.4 Å². The Labute approximate surface area is 179 Å². The molecule has 0 N–H and O–H groups in total. The number of nitrogens with zero attached hydrogens (tertiary/aromatic N) is 5. The lowest BCUT2D eigenvalue weighted by Crippen LogP contribution is -2.57. The molecule has 0 atom stereocenters. The number of aromatic nitrogens is 3. The van der Waals surface area contributed by atoms with Gasteiger partial charge >= 0.3 is 6.09 Å². The van der Waals surface area contributed by atoms with Gasteiger partial charge in [-0.25, -0.2) is 9.18 Å². The molecule has 0 aliphatic carbocycles. The van der Waals surface area contributed by atoms with Crippen LogP contribution in [0.4, 0.5) is 9.18 Å². The summed E-state index contributed by atoms with van der Waals surface area (Å²) in [7, 11) is 1.39. The fraction of sp³-hybridized carbons (Fsp3) is 0.409. The Morgan fingerprint density at radius 1 is 1.19 bits per heavy atom. The molecule has 0 radical (unpaired) electrons. The van der Waals surface area contributed by atoms with E-state index in [0.717, 1.165) is 49.6 Å². The molecule has 1 aromatic carbocycles. The summed E-state index contributed by atoms with van der Waals surface area (Å²) in [6.45, 7) is 3.29. The molecule has 1 fully saturated rings. The third-order valence-corrected chi connectivity index (χ3v) is 6.30. The van der Waals surface area contributed by atoms with Gasteiger partial charge in [0.25, 0.3) is 0 Å². The molecule has 1 spiro atoms. The van der Waals surface area contributed by atoms with Crippen molar-refractivity contribution in [1.82, 2.24) is 24.6 Å². The smallest absolute Gasteiger partial charge is 0.409 e. The van der Waals surface area contributed by atoms with Crippen molar-refractivity contribution in [2.24, 2.45) is 0 Å². The van der Waals surface area contributed by atoms with Crippen molar-refractivity contribution in [3.8, 4) is 11.4 Å². The second-order valence-corrected chi connectivity index (χ2v) is 8.19. The van der Waals surface area contributed by atoms with Gasteiger partial charge < -0.3 is 13.7 Å². The average Bonchev–Trinajstić information content (AvgIpc) is 3.46. The van der Waals surface area contributed by atoms with E-state index in [9.17, 15) is 9.18 Å². The van der Waals surface area contributed by atoms with Crippen LogP contribution < -0.4 is 0 Å². The predicted octanol–water partition coefficient (Wildman–Crippen LogP) is 3.25. The molecule has 31 heavy (non-hydrogen) atoms. The van der Waals surface area contributed by atoms with E-state index in [0.29, 0.717) is 18.9 Å². The summed E-state index contributed by atoms with van der Waals surface area (Å²) in [4.78, 5) is 16.4. The maximum atomic E-state index is 13.5. The van der Waals surface area contributed by atoms with E-state index >= 15 is 0 Å². The number of hydrogen-bond acceptors (Lipinski definition) is 6. The number of ether oxygens (including phenoxy) is 1. The van der Waals surface area contributed by atoms with Gasteiger partial charge in [-0.3, -0.25) is 9.80 Å². The number of likely N-dealkylation sites (tertiary alicyclic amines) is 1. The van der Waals surface area contributed by atoms with Gasteiger partial charge in [0.1, 0.15) is 11.6 Å². The molecule has 1 amide bonds. The SMILES string of the molecule is COC(=O)N1Cc2nnc(-c3ccc(F)cc3)n2C2(CCN(Cc3ccco3)CC2)C1. The van der Waals surface area contributed by atoms with Gasteiger partial charge in [-0.05, 0) is 49.2 Å². The van der Waals surface area contributed by atoms with Crippen molar-refractivity contribution in [3.05, 3.63) is 60.1 Å². The number of carbonyl (C=O) groups is 1. The predicted molar refractivity (Wildman–Crippen MR) is 109 cm³/mol. The lowest BCUT2D eigenvalue weighted by atomic mass is 9.84. The Balaban J connectivity index is 1.48. The summed E-state index contributed by atoms with van der Waals surface area (Å²) in [5.74, 6) is 2.07. The number of halogens is 1. The van der Waals surface area contributed by atoms with E-state index in [1.165, 1.54) is 19.2 Å². The topological polar surface area (TPSA) is 76.6 Å². The summed E-state index contributed by atoms with van der Waals surface area (Å²) in [6.07, 6.45) is 2.96. The van der Waals surface area contributed by atoms with E-state index in [1.54, 1.807) is 23.3 Å². The molecular weight excluding hydrogens is 401 g/mol. The summed E-state index contributed by atoms with van der Waals surface area (Å²) in [5, 5.41) is 8.82. The number of rotatable bonds is 3. The van der Waals surface area contributed by atoms with Gasteiger partial charge in [0.05, 0.1) is 32.0 Å². The number of carbonyl (C=O) groups excluding carboxylic acids is 1. The monoisotopic (exact) mass is 425 g/mol. The Morgan fingerprint density at radius 3 is 2.65 bits per heavy atom. The second kappa shape index (κ2) is 7.81. The largest absolute Gasteiger partial charge is 0.468 e. The molecule has 5 rings (SSSR count). The number of benzene rings is 1. The molecule has 3 aromatic rings. The van der Waals surface area contributed by atoms with Crippen LogP contribution in [0.2, 0.25) is 0 Å². The summed E-state index contributed by atoms with van der Waals surface area (Å²) < 4.78 is 26.1. The van der Waals surface area contributed by atoms with Crippen LogP contribution in [0, 0.1) is 5.82 Å². The molecule has 0 unspecified atom stereocenters. The zero-order valence-electron chi connectivity index (χ0n) is 17.3. The van der Waals surface area contributed by atoms with Crippen LogP contribution >= 0.6 is 0 Å². The lowest BCUT2D eigenvalue weighted by Gasteiger charge is -2.48. The van der Waals surface area contributed by atoms with Gasteiger partial charge in [-0.2, -0.15) is 0 Å². The van der Waals surface area contributed by atoms with Crippen LogP contribution in [-0.4, -0.2) is 57.4 Å². The number of hydrogen-bond donors (Lipinski definition) is 0. The quantitative estimate of drug-likeness (QED) is 0.641. The van der Waals surface area contributed by atoms with Crippen molar-refractivity contribution < 1.29 is 18.3 Å². The normalized spacial score (nSPS) is 18.2. The molecule has 0 saturated carbocycles. The van der Waals surface area contributed by atoms with Gasteiger partial charge in [0, 0.05) is 25.2 Å². The first kappa shape index (κ1) is 19.7. The van der Waals surface area contributed by atoms with Gasteiger partial charge in [-0.1, -0.05) is 0 Å². The van der Waals surface area contributed by atoms with E-state index in [2.05, 4.69) is 19.7 Å². The molecule has 162 valence electrons. The Bertz CT molecular complexity index is 1060. The minimum Gasteiger partial charge on any atom is -0.468 e. The molecule has 4 heterocycles. The molecule has 0 bridgehead atoms. The zero-order valence-corrected chi connectivity index (χ0v) is 17.3. The zero-order chi connectivity index (χ0) is 21.4. The standard InChI is InChI=1S/C22H24FN5O3/c1-30-21(29)27-14-19-24-25-20(16-4-6-17(23)7-5-16)28(19)22(15-27)8-10-26(11-9-22)13-18-3-2-12-31-18/h2-7,12H,8-11,13-15H2,1H3. The molecule has 2 aromatic heterocycles. The van der Waals surface area contributed by atoms with E-state index in [1.807, 2.05) is 12.1 Å². The van der Waals surface area contributed by atoms with Gasteiger partial charge in [0.2, 0.25) is 0 Å². The maximum absolute atomic E-state index is 13.5. The fourth-order valence-electron chi connectivity index (χ4n) is 4.75. The molecular formula is C22H24FN5O3. The van der Waals surface area contributed by atoms with E-state index in [-0.39, 0.29) is 17.4 Å². The van der Waals surface area contributed by atoms with Crippen molar-refractivity contribution in [3.63, 3.8) is 0 Å². The number of fused-ring (bicyclic) bond motifs is 2. The number of furan rings is 1. The minimum atomic E-state index is -0.366. The minimum absolute atomic E-state index is 0.292. The second-order valence-electron chi connectivity index (χ2n) is 8.19. The van der Waals surface area contributed by atoms with E-state index in [4.69, 9.17) is 9.15 Å². The van der Waals surface area contributed by atoms with Crippen molar-refractivity contribution in [2.45, 2.75) is 31.5 Å². The van der Waals surface area contributed by atoms with Crippen LogP contribution in [0.5, 0.6) is 0 Å². The first-order valence-electron chi connectivity index (χ1n) is 10.4. The highest BCUT2D eigenvalue weighted by molar-refractivity contribution is 5.68. The van der Waals surface area contributed by atoms with Crippen molar-refractivity contribution in [2.75, 3.05) is 26.7 Å². The fourth-order valence-corrected chi connectivity index (χ4v) is 4.75. The van der Waals surface area contributed by atoms with Crippen LogP contribution in [0.1, 0.15) is 24.4 Å². The van der Waals surface area contributed by atoms with Gasteiger partial charge in [0.15, 0.2) is 11.6 Å². The van der Waals surface area contributed by atoms with Crippen LogP contribution in [0.3, 0.4) is 0 Å². The molecule has 8 nitrogen and oxygen atoms in total. The molecule has 1 saturated heterocycles. The molecule has 2 aliphatic heterocycles. The van der Waals surface area contributed by atoms with Gasteiger partial charge in [-0.15, -0.1) is 10.2 Å². The molecule has 2 aliphatic rings. The number of amides is 1. The highest BCUT2D eigenvalue weighted by Crippen LogP contribution is 2.39. The average molecular weight is 425 g/mol. The number of methoxy groups -OCH3 is 1. The number of piperidine rings is 1. The summed E-state index contributed by atoms with van der Waals surface area (Å²) >= 11 is 0. The van der Waals surface area contributed by atoms with Crippen molar-refractivity contribution in [1.29, 1.82) is 0 Å². The Hall–Kier alpha value is -3.20. The Morgan fingerprint density at radius 2 is 1.97 bits per heavy atom. The van der Waals surface area contributed by atoms with Crippen LogP contribution in [-0.2, 0) is 23.4 Å². The lowest BCUT2D eigenvalue weighted by molar-refractivity contribution is 0.0327. The Kier molecular flexibility index (Phi) is 4.97. The summed E-state index contributed by atoms with van der Waals surface area (Å²) in [6, 6.07) is 10.2. The third kappa shape index (κ3) is 3.59. The first-order chi connectivity index (χ1) is 15.1. The highest BCUT2D eigenvalue weighted by atomic mass is 19.1. The first-order valence-corrected chi connectivity index (χ1v) is 10.4. The maximum Gasteiger partial charge on any atom is 0.409 e. The van der Waals surface area contributed by atoms with Crippen molar-refractivity contribution >= 4 is 6.09 Å². The van der Waals surface area contributed by atoms with E-state index < -0.39 is 0 Å². The summed E-state index contributed by atoms with van der Waals surface area (Å²) in [5.41, 5.74) is 0.457. The molecule has 9 heteroatoms. The third-order valence-electron chi connectivity index (χ3n) is 6.30. The van der Waals surface area contributed by atoms with Crippen LogP contribution in [0.15, 0.2) is 47.1 Å². The highest BCUT2D eigenvalue weighted by Gasteiger charge is 2.45.